The number of aliphatic imine (C=N–C) groups is 1. The molecular formula is C20H31ClIN3O. The summed E-state index contributed by atoms with van der Waals surface area (Å²) in [5.74, 6) is 1.01. The number of halogens is 2. The molecule has 2 fully saturated rings. The van der Waals surface area contributed by atoms with Crippen LogP contribution in [0, 0.1) is 5.41 Å². The highest BCUT2D eigenvalue weighted by atomic mass is 127. The number of ether oxygens (including phenoxy) is 1. The zero-order chi connectivity index (χ0) is 17.9. The lowest BCUT2D eigenvalue weighted by Gasteiger charge is -2.39. The quantitative estimate of drug-likeness (QED) is 0.389. The molecule has 26 heavy (non-hydrogen) atoms. The maximum absolute atomic E-state index is 6.27. The molecule has 3 rings (SSSR count). The molecule has 0 unspecified atom stereocenters. The number of likely N-dealkylation sites (tertiary alicyclic amines) is 1. The van der Waals surface area contributed by atoms with E-state index < -0.39 is 0 Å². The SMILES string of the molecule is CN=C(NCC1(c2cccc(Cl)c2)CCOCC1)N1CCC(C)(C)C1.I. The van der Waals surface area contributed by atoms with Crippen LogP contribution >= 0.6 is 35.6 Å². The van der Waals surface area contributed by atoms with E-state index in [0.717, 1.165) is 56.7 Å². The normalized spacial score (nSPS) is 22.0. The second kappa shape index (κ2) is 9.11. The molecule has 0 atom stereocenters. The zero-order valence-electron chi connectivity index (χ0n) is 16.1. The minimum absolute atomic E-state index is 0. The Morgan fingerprint density at radius 2 is 2.00 bits per heavy atom. The number of benzene rings is 1. The molecule has 0 bridgehead atoms. The lowest BCUT2D eigenvalue weighted by molar-refractivity contribution is 0.0512. The van der Waals surface area contributed by atoms with Crippen molar-refractivity contribution in [3.05, 3.63) is 34.9 Å². The van der Waals surface area contributed by atoms with Gasteiger partial charge in [-0.3, -0.25) is 4.99 Å². The second-order valence-corrected chi connectivity index (χ2v) is 8.58. The summed E-state index contributed by atoms with van der Waals surface area (Å²) in [5, 5.41) is 4.45. The summed E-state index contributed by atoms with van der Waals surface area (Å²) >= 11 is 6.27. The highest BCUT2D eigenvalue weighted by Gasteiger charge is 2.36. The van der Waals surface area contributed by atoms with Crippen LogP contribution in [0.4, 0.5) is 0 Å². The Kier molecular flexibility index (Phi) is 7.62. The molecule has 2 aliphatic rings. The minimum atomic E-state index is 0. The van der Waals surface area contributed by atoms with Crippen LogP contribution in [0.2, 0.25) is 5.02 Å². The van der Waals surface area contributed by atoms with E-state index in [1.54, 1.807) is 0 Å². The van der Waals surface area contributed by atoms with Crippen molar-refractivity contribution >= 4 is 41.5 Å². The van der Waals surface area contributed by atoms with E-state index in [9.17, 15) is 0 Å². The highest BCUT2D eigenvalue weighted by Crippen LogP contribution is 2.36. The van der Waals surface area contributed by atoms with Gasteiger partial charge in [-0.2, -0.15) is 0 Å². The number of nitrogens with one attached hydrogen (secondary N) is 1. The summed E-state index contributed by atoms with van der Waals surface area (Å²) in [6.45, 7) is 9.23. The Labute approximate surface area is 179 Å². The van der Waals surface area contributed by atoms with Crippen molar-refractivity contribution in [2.24, 2.45) is 10.4 Å². The summed E-state index contributed by atoms with van der Waals surface area (Å²) in [5.41, 5.74) is 1.71. The largest absolute Gasteiger partial charge is 0.381 e. The van der Waals surface area contributed by atoms with Gasteiger partial charge in [0.2, 0.25) is 0 Å². The van der Waals surface area contributed by atoms with Crippen LogP contribution in [0.5, 0.6) is 0 Å². The monoisotopic (exact) mass is 491 g/mol. The topological polar surface area (TPSA) is 36.9 Å². The predicted octanol–water partition coefficient (Wildman–Crippen LogP) is 4.31. The summed E-state index contributed by atoms with van der Waals surface area (Å²) in [6, 6.07) is 8.29. The van der Waals surface area contributed by atoms with E-state index in [2.05, 4.69) is 41.2 Å². The van der Waals surface area contributed by atoms with Crippen LogP contribution < -0.4 is 5.32 Å². The van der Waals surface area contributed by atoms with Crippen LogP contribution in [0.15, 0.2) is 29.3 Å². The van der Waals surface area contributed by atoms with Crippen LogP contribution in [0.25, 0.3) is 0 Å². The van der Waals surface area contributed by atoms with Gasteiger partial charge in [0.05, 0.1) is 0 Å². The number of nitrogens with zero attached hydrogens (tertiary/aromatic N) is 2. The number of hydrogen-bond acceptors (Lipinski definition) is 2. The molecule has 0 saturated carbocycles. The fourth-order valence-corrected chi connectivity index (χ4v) is 4.21. The third-order valence-electron chi connectivity index (χ3n) is 5.66. The van der Waals surface area contributed by atoms with Crippen molar-refractivity contribution in [1.29, 1.82) is 0 Å². The van der Waals surface area contributed by atoms with Gasteiger partial charge in [-0.15, -0.1) is 24.0 Å². The Hall–Kier alpha value is -0.530. The molecule has 1 aromatic carbocycles. The van der Waals surface area contributed by atoms with E-state index in [1.807, 2.05) is 19.2 Å². The maximum atomic E-state index is 6.27. The standard InChI is InChI=1S/C20H30ClN3O.HI/c1-19(2)7-10-24(15-19)18(22-3)23-14-20(8-11-25-12-9-20)16-5-4-6-17(21)13-16;/h4-6,13H,7-12,14-15H2,1-3H3,(H,22,23);1H. The first kappa shape index (κ1) is 21.8. The molecule has 1 aromatic rings. The Bertz CT molecular complexity index is 629. The Morgan fingerprint density at radius 3 is 2.58 bits per heavy atom. The van der Waals surface area contributed by atoms with Gasteiger partial charge < -0.3 is 15.0 Å². The Balaban J connectivity index is 0.00000243. The first-order chi connectivity index (χ1) is 11.9. The maximum Gasteiger partial charge on any atom is 0.193 e. The van der Waals surface area contributed by atoms with Crippen molar-refractivity contribution in [3.8, 4) is 0 Å². The van der Waals surface area contributed by atoms with Crippen molar-refractivity contribution in [1.82, 2.24) is 10.2 Å². The molecule has 0 spiro atoms. The number of rotatable bonds is 3. The predicted molar refractivity (Wildman–Crippen MR) is 120 cm³/mol. The van der Waals surface area contributed by atoms with Crippen molar-refractivity contribution in [3.63, 3.8) is 0 Å². The third-order valence-corrected chi connectivity index (χ3v) is 5.90. The first-order valence-corrected chi connectivity index (χ1v) is 9.61. The average molecular weight is 492 g/mol. The van der Waals surface area contributed by atoms with Gasteiger partial charge in [-0.25, -0.2) is 0 Å². The summed E-state index contributed by atoms with van der Waals surface area (Å²) in [4.78, 5) is 6.92. The van der Waals surface area contributed by atoms with E-state index >= 15 is 0 Å². The molecule has 0 aromatic heterocycles. The van der Waals surface area contributed by atoms with Gasteiger partial charge in [-0.1, -0.05) is 37.6 Å². The molecule has 0 radical (unpaired) electrons. The van der Waals surface area contributed by atoms with Crippen LogP contribution in [0.1, 0.15) is 38.7 Å². The van der Waals surface area contributed by atoms with Gasteiger partial charge in [-0.05, 0) is 42.4 Å². The molecule has 2 aliphatic heterocycles. The molecule has 2 heterocycles. The fraction of sp³-hybridized carbons (Fsp3) is 0.650. The van der Waals surface area contributed by atoms with Crippen molar-refractivity contribution < 1.29 is 4.74 Å². The zero-order valence-corrected chi connectivity index (χ0v) is 19.1. The van der Waals surface area contributed by atoms with E-state index in [4.69, 9.17) is 16.3 Å². The lowest BCUT2D eigenvalue weighted by atomic mass is 9.74. The van der Waals surface area contributed by atoms with E-state index in [0.29, 0.717) is 5.41 Å². The molecule has 0 amide bonds. The molecular weight excluding hydrogens is 461 g/mol. The van der Waals surface area contributed by atoms with Crippen LogP contribution in [-0.4, -0.2) is 50.8 Å². The smallest absolute Gasteiger partial charge is 0.193 e. The third kappa shape index (κ3) is 5.04. The first-order valence-electron chi connectivity index (χ1n) is 9.24. The van der Waals surface area contributed by atoms with Gasteiger partial charge in [0.15, 0.2) is 5.96 Å². The van der Waals surface area contributed by atoms with Gasteiger partial charge in [0.1, 0.15) is 0 Å². The Morgan fingerprint density at radius 1 is 1.27 bits per heavy atom. The van der Waals surface area contributed by atoms with Crippen molar-refractivity contribution in [2.45, 2.75) is 38.5 Å². The number of hydrogen-bond donors (Lipinski definition) is 1. The molecule has 1 N–H and O–H groups in total. The van der Waals surface area contributed by atoms with Gasteiger partial charge >= 0.3 is 0 Å². The molecule has 4 nitrogen and oxygen atoms in total. The lowest BCUT2D eigenvalue weighted by Crippen LogP contribution is -2.49. The molecule has 2 saturated heterocycles. The van der Waals surface area contributed by atoms with Crippen molar-refractivity contribution in [2.75, 3.05) is 39.9 Å². The summed E-state index contributed by atoms with van der Waals surface area (Å²) < 4.78 is 5.64. The minimum Gasteiger partial charge on any atom is -0.381 e. The average Bonchev–Trinajstić information content (AvgIpc) is 2.96. The van der Waals surface area contributed by atoms with E-state index in [1.165, 1.54) is 12.0 Å². The van der Waals surface area contributed by atoms with Gasteiger partial charge in [0, 0.05) is 50.3 Å². The molecule has 146 valence electrons. The summed E-state index contributed by atoms with van der Waals surface area (Å²) in [6.07, 6.45) is 3.21. The van der Waals surface area contributed by atoms with Crippen LogP contribution in [-0.2, 0) is 10.2 Å². The second-order valence-electron chi connectivity index (χ2n) is 8.14. The molecule has 0 aliphatic carbocycles. The van der Waals surface area contributed by atoms with Gasteiger partial charge in [0.25, 0.3) is 0 Å². The summed E-state index contributed by atoms with van der Waals surface area (Å²) in [7, 11) is 1.88. The van der Waals surface area contributed by atoms with E-state index in [-0.39, 0.29) is 29.4 Å². The van der Waals surface area contributed by atoms with Crippen LogP contribution in [0.3, 0.4) is 0 Å². The number of guanidine groups is 1. The molecule has 6 heteroatoms. The highest BCUT2D eigenvalue weighted by molar-refractivity contribution is 14.0. The fourth-order valence-electron chi connectivity index (χ4n) is 4.02.